The first-order valence-electron chi connectivity index (χ1n) is 6.27. The number of furan rings is 1. The SMILES string of the molecule is COC(=O)c1ccc2c(c1)oc1ccc(C(=O)OC)cc12. The topological polar surface area (TPSA) is 65.7 Å². The first-order valence-corrected chi connectivity index (χ1v) is 6.27. The van der Waals surface area contributed by atoms with E-state index in [4.69, 9.17) is 9.15 Å². The van der Waals surface area contributed by atoms with Crippen LogP contribution in [0, 0.1) is 0 Å². The fourth-order valence-corrected chi connectivity index (χ4v) is 2.27. The molecule has 3 rings (SSSR count). The molecule has 0 fully saturated rings. The lowest BCUT2D eigenvalue weighted by Crippen LogP contribution is -2.00. The van der Waals surface area contributed by atoms with E-state index in [1.807, 2.05) is 0 Å². The Morgan fingerprint density at radius 1 is 0.810 bits per heavy atom. The molecule has 0 saturated heterocycles. The van der Waals surface area contributed by atoms with Crippen molar-refractivity contribution in [2.24, 2.45) is 0 Å². The van der Waals surface area contributed by atoms with Gasteiger partial charge >= 0.3 is 11.9 Å². The first kappa shape index (κ1) is 13.2. The van der Waals surface area contributed by atoms with E-state index < -0.39 is 11.9 Å². The van der Waals surface area contributed by atoms with Crippen LogP contribution in [0.4, 0.5) is 0 Å². The molecule has 0 N–H and O–H groups in total. The Hall–Kier alpha value is -2.82. The van der Waals surface area contributed by atoms with Crippen LogP contribution in [-0.4, -0.2) is 26.2 Å². The van der Waals surface area contributed by atoms with Crippen molar-refractivity contribution in [3.8, 4) is 0 Å². The van der Waals surface area contributed by atoms with E-state index in [1.165, 1.54) is 14.2 Å². The average molecular weight is 284 g/mol. The molecule has 0 aliphatic rings. The summed E-state index contributed by atoms with van der Waals surface area (Å²) in [4.78, 5) is 23.1. The summed E-state index contributed by atoms with van der Waals surface area (Å²) in [5.74, 6) is -0.829. The molecule has 0 saturated carbocycles. The summed E-state index contributed by atoms with van der Waals surface area (Å²) < 4.78 is 15.1. The number of benzene rings is 2. The van der Waals surface area contributed by atoms with Gasteiger partial charge in [0.05, 0.1) is 25.3 Å². The number of ether oxygens (including phenoxy) is 2. The van der Waals surface area contributed by atoms with Gasteiger partial charge in [-0.2, -0.15) is 0 Å². The lowest BCUT2D eigenvalue weighted by molar-refractivity contribution is 0.0592. The number of carbonyl (C=O) groups is 2. The fourth-order valence-electron chi connectivity index (χ4n) is 2.27. The predicted molar refractivity (Wildman–Crippen MR) is 76.4 cm³/mol. The molecule has 0 atom stereocenters. The van der Waals surface area contributed by atoms with E-state index in [0.29, 0.717) is 22.3 Å². The van der Waals surface area contributed by atoms with Gasteiger partial charge < -0.3 is 13.9 Å². The third kappa shape index (κ3) is 2.12. The zero-order chi connectivity index (χ0) is 15.0. The first-order chi connectivity index (χ1) is 10.1. The third-order valence-electron chi connectivity index (χ3n) is 3.31. The van der Waals surface area contributed by atoms with Crippen LogP contribution in [0.15, 0.2) is 40.8 Å². The molecule has 5 nitrogen and oxygen atoms in total. The van der Waals surface area contributed by atoms with Gasteiger partial charge in [0, 0.05) is 10.8 Å². The van der Waals surface area contributed by atoms with Crippen LogP contribution < -0.4 is 0 Å². The number of carbonyl (C=O) groups excluding carboxylic acids is 2. The molecule has 0 unspecified atom stereocenters. The molecule has 106 valence electrons. The number of methoxy groups -OCH3 is 2. The maximum atomic E-state index is 11.6. The Balaban J connectivity index is 2.21. The highest BCUT2D eigenvalue weighted by Crippen LogP contribution is 2.30. The van der Waals surface area contributed by atoms with E-state index in [2.05, 4.69) is 4.74 Å². The smallest absolute Gasteiger partial charge is 0.337 e. The lowest BCUT2D eigenvalue weighted by Gasteiger charge is -1.99. The third-order valence-corrected chi connectivity index (χ3v) is 3.31. The normalized spacial score (nSPS) is 10.8. The minimum atomic E-state index is -0.424. The van der Waals surface area contributed by atoms with Crippen LogP contribution in [0.1, 0.15) is 20.7 Å². The van der Waals surface area contributed by atoms with E-state index in [9.17, 15) is 9.59 Å². The second-order valence-electron chi connectivity index (χ2n) is 4.51. The zero-order valence-corrected chi connectivity index (χ0v) is 11.5. The molecular weight excluding hydrogens is 272 g/mol. The number of esters is 2. The Labute approximate surface area is 120 Å². The van der Waals surface area contributed by atoms with Gasteiger partial charge in [-0.3, -0.25) is 0 Å². The number of hydrogen-bond acceptors (Lipinski definition) is 5. The largest absolute Gasteiger partial charge is 0.465 e. The second kappa shape index (κ2) is 4.94. The van der Waals surface area contributed by atoms with Gasteiger partial charge in [-0.05, 0) is 36.4 Å². The van der Waals surface area contributed by atoms with Gasteiger partial charge in [0.25, 0.3) is 0 Å². The molecule has 2 aromatic carbocycles. The van der Waals surface area contributed by atoms with Crippen molar-refractivity contribution in [2.75, 3.05) is 14.2 Å². The Bertz CT molecular complexity index is 860. The summed E-state index contributed by atoms with van der Waals surface area (Å²) in [6, 6.07) is 10.1. The minimum Gasteiger partial charge on any atom is -0.465 e. The Morgan fingerprint density at radius 3 is 2.10 bits per heavy atom. The van der Waals surface area contributed by atoms with E-state index in [1.54, 1.807) is 36.4 Å². The average Bonchev–Trinajstić information content (AvgIpc) is 2.89. The van der Waals surface area contributed by atoms with Crippen molar-refractivity contribution in [3.63, 3.8) is 0 Å². The molecular formula is C16H12O5. The monoisotopic (exact) mass is 284 g/mol. The van der Waals surface area contributed by atoms with E-state index in [0.717, 1.165) is 10.8 Å². The van der Waals surface area contributed by atoms with Crippen molar-refractivity contribution in [2.45, 2.75) is 0 Å². The molecule has 5 heteroatoms. The van der Waals surface area contributed by atoms with Gasteiger partial charge in [-0.25, -0.2) is 9.59 Å². The molecule has 0 bridgehead atoms. The molecule has 3 aromatic rings. The highest BCUT2D eigenvalue weighted by Gasteiger charge is 2.13. The van der Waals surface area contributed by atoms with Crippen LogP contribution in [-0.2, 0) is 9.47 Å². The molecule has 0 radical (unpaired) electrons. The summed E-state index contributed by atoms with van der Waals surface area (Å²) in [6.07, 6.45) is 0. The summed E-state index contributed by atoms with van der Waals surface area (Å²) in [6.45, 7) is 0. The van der Waals surface area contributed by atoms with Gasteiger partial charge in [0.15, 0.2) is 0 Å². The number of hydrogen-bond donors (Lipinski definition) is 0. The van der Waals surface area contributed by atoms with Crippen LogP contribution in [0.3, 0.4) is 0 Å². The lowest BCUT2D eigenvalue weighted by atomic mass is 10.1. The molecule has 21 heavy (non-hydrogen) atoms. The number of rotatable bonds is 2. The minimum absolute atomic E-state index is 0.405. The van der Waals surface area contributed by atoms with Crippen molar-refractivity contribution in [1.82, 2.24) is 0 Å². The highest BCUT2D eigenvalue weighted by atomic mass is 16.5. The van der Waals surface area contributed by atoms with E-state index in [-0.39, 0.29) is 0 Å². The summed E-state index contributed by atoms with van der Waals surface area (Å²) >= 11 is 0. The molecule has 1 aromatic heterocycles. The molecule has 0 aliphatic carbocycles. The number of fused-ring (bicyclic) bond motifs is 3. The summed E-state index contributed by atoms with van der Waals surface area (Å²) in [7, 11) is 2.66. The van der Waals surface area contributed by atoms with Gasteiger partial charge in [-0.15, -0.1) is 0 Å². The maximum Gasteiger partial charge on any atom is 0.337 e. The maximum absolute atomic E-state index is 11.6. The van der Waals surface area contributed by atoms with Crippen molar-refractivity contribution in [3.05, 3.63) is 47.5 Å². The standard InChI is InChI=1S/C16H12O5/c1-19-15(17)9-4-6-13-12(7-9)11-5-3-10(16(18)20-2)8-14(11)21-13/h3-8H,1-2H3. The Morgan fingerprint density at radius 2 is 1.43 bits per heavy atom. The van der Waals surface area contributed by atoms with Crippen LogP contribution in [0.5, 0.6) is 0 Å². The fraction of sp³-hybridized carbons (Fsp3) is 0.125. The van der Waals surface area contributed by atoms with Gasteiger partial charge in [-0.1, -0.05) is 0 Å². The second-order valence-corrected chi connectivity index (χ2v) is 4.51. The van der Waals surface area contributed by atoms with Crippen molar-refractivity contribution < 1.29 is 23.5 Å². The summed E-state index contributed by atoms with van der Waals surface area (Å²) in [5, 5.41) is 1.62. The molecule has 0 aliphatic heterocycles. The van der Waals surface area contributed by atoms with Gasteiger partial charge in [0.2, 0.25) is 0 Å². The van der Waals surface area contributed by atoms with Gasteiger partial charge in [0.1, 0.15) is 11.2 Å². The predicted octanol–water partition coefficient (Wildman–Crippen LogP) is 3.16. The van der Waals surface area contributed by atoms with Crippen LogP contribution >= 0.6 is 0 Å². The molecule has 0 spiro atoms. The Kier molecular flexibility index (Phi) is 3.10. The zero-order valence-electron chi connectivity index (χ0n) is 11.5. The van der Waals surface area contributed by atoms with Crippen molar-refractivity contribution >= 4 is 33.9 Å². The molecule has 1 heterocycles. The summed E-state index contributed by atoms with van der Waals surface area (Å²) in [5.41, 5.74) is 2.07. The molecule has 0 amide bonds. The quantitative estimate of drug-likeness (QED) is 0.676. The van der Waals surface area contributed by atoms with Crippen LogP contribution in [0.2, 0.25) is 0 Å². The van der Waals surface area contributed by atoms with Crippen molar-refractivity contribution in [1.29, 1.82) is 0 Å². The highest BCUT2D eigenvalue weighted by molar-refractivity contribution is 6.08. The van der Waals surface area contributed by atoms with Crippen LogP contribution in [0.25, 0.3) is 21.9 Å². The van der Waals surface area contributed by atoms with E-state index >= 15 is 0 Å².